The third-order valence-corrected chi connectivity index (χ3v) is 17.9. The third kappa shape index (κ3) is 29.7. The first kappa shape index (κ1) is 85.8. The summed E-state index contributed by atoms with van der Waals surface area (Å²) in [6.07, 6.45) is 5.68. The highest BCUT2D eigenvalue weighted by Gasteiger charge is 2.36. The van der Waals surface area contributed by atoms with Gasteiger partial charge in [-0.25, -0.2) is 4.98 Å². The number of carboxylic acid groups (broad SMARTS) is 1. The Kier molecular flexibility index (Phi) is 34.8. The van der Waals surface area contributed by atoms with Crippen molar-refractivity contribution in [2.75, 3.05) is 38.2 Å². The molecule has 2 heterocycles. The average Bonchev–Trinajstić information content (AvgIpc) is 1.75. The number of fused-ring (bicyclic) bond motifs is 1. The number of para-hydroxylation sites is 1. The van der Waals surface area contributed by atoms with Gasteiger partial charge in [-0.2, -0.15) is 11.8 Å². The van der Waals surface area contributed by atoms with E-state index in [0.717, 1.165) is 0 Å². The van der Waals surface area contributed by atoms with Gasteiger partial charge < -0.3 is 107 Å². The number of hydrogen-bond donors (Lipinski definition) is 22. The van der Waals surface area contributed by atoms with Gasteiger partial charge in [0.25, 0.3) is 0 Å². The first-order valence-corrected chi connectivity index (χ1v) is 36.7. The van der Waals surface area contributed by atoms with Crippen molar-refractivity contribution in [3.05, 3.63) is 156 Å². The van der Waals surface area contributed by atoms with Crippen LogP contribution >= 0.6 is 11.8 Å². The number of nitrogens with zero attached hydrogens (tertiary/aromatic N) is 1. The van der Waals surface area contributed by atoms with Crippen LogP contribution in [0.1, 0.15) is 80.8 Å². The van der Waals surface area contributed by atoms with E-state index in [9.17, 15) is 58.2 Å². The number of nitrogens with two attached hydrogens (primary N) is 3. The number of carbonyl (C=O) groups excluding carboxylic acids is 11. The van der Waals surface area contributed by atoms with Crippen molar-refractivity contribution < 1.29 is 67.7 Å². The number of phenolic OH excluding ortho intramolecular Hbond substituents is 1. The van der Waals surface area contributed by atoms with Crippen LogP contribution in [0.3, 0.4) is 0 Å². The van der Waals surface area contributed by atoms with Crippen LogP contribution in [-0.4, -0.2) is 207 Å². The van der Waals surface area contributed by atoms with Gasteiger partial charge in [-0.15, -0.1) is 0 Å². The Bertz CT molecular complexity index is 4060. The molecule has 109 heavy (non-hydrogen) atoms. The van der Waals surface area contributed by atoms with Crippen molar-refractivity contribution in [2.24, 2.45) is 23.1 Å². The molecular formula is C73H99N21O14S. The maximum absolute atomic E-state index is 15.1. The van der Waals surface area contributed by atoms with Gasteiger partial charge >= 0.3 is 5.97 Å². The van der Waals surface area contributed by atoms with E-state index in [-0.39, 0.29) is 89.0 Å². The number of phenols is 1. The summed E-state index contributed by atoms with van der Waals surface area (Å²) in [5.41, 5.74) is 20.7. The number of thioether (sulfide) groups is 1. The number of hydrogen-bond acceptors (Lipinski definition) is 18. The number of aromatic nitrogens is 3. The second kappa shape index (κ2) is 44.1. The highest BCUT2D eigenvalue weighted by Crippen LogP contribution is 2.21. The summed E-state index contributed by atoms with van der Waals surface area (Å²) in [6, 6.07) is 16.7. The number of H-pyrrole nitrogens is 2. The molecule has 0 spiro atoms. The van der Waals surface area contributed by atoms with Crippen LogP contribution in [0.4, 0.5) is 0 Å². The molecule has 6 aromatic rings. The summed E-state index contributed by atoms with van der Waals surface area (Å²) in [5.74, 6) is -11.3. The summed E-state index contributed by atoms with van der Waals surface area (Å²) >= 11 is 1.39. The zero-order valence-corrected chi connectivity index (χ0v) is 61.8. The van der Waals surface area contributed by atoms with Crippen LogP contribution in [0.5, 0.6) is 5.75 Å². The molecule has 10 atom stereocenters. The number of guanidine groups is 2. The Labute approximate surface area is 633 Å². The monoisotopic (exact) mass is 1530 g/mol. The lowest BCUT2D eigenvalue weighted by Crippen LogP contribution is -2.60. The normalized spacial score (nSPS) is 13.8. The van der Waals surface area contributed by atoms with Crippen LogP contribution in [0.15, 0.2) is 128 Å². The average molecular weight is 1530 g/mol. The lowest BCUT2D eigenvalue weighted by molar-refractivity contribution is -0.138. The smallest absolute Gasteiger partial charge is 0.322 e. The molecule has 25 N–H and O–H groups in total. The van der Waals surface area contributed by atoms with E-state index >= 15 is 9.59 Å². The molecule has 0 fully saturated rings. The van der Waals surface area contributed by atoms with Crippen molar-refractivity contribution in [2.45, 2.75) is 145 Å². The summed E-state index contributed by atoms with van der Waals surface area (Å²) in [6.45, 7) is 3.36. The molecular weight excluding hydrogens is 1430 g/mol. The number of amides is 11. The Morgan fingerprint density at radius 2 is 0.954 bits per heavy atom. The largest absolute Gasteiger partial charge is 0.508 e. The van der Waals surface area contributed by atoms with E-state index in [2.05, 4.69) is 84.1 Å². The quantitative estimate of drug-likeness (QED) is 0.0112. The van der Waals surface area contributed by atoms with E-state index in [0.29, 0.717) is 44.6 Å². The fraction of sp³-hybridized carbons (Fsp3) is 0.411. The van der Waals surface area contributed by atoms with Crippen molar-refractivity contribution in [1.29, 1.82) is 10.8 Å². The number of rotatable bonds is 45. The van der Waals surface area contributed by atoms with Gasteiger partial charge in [0.1, 0.15) is 66.7 Å². The minimum Gasteiger partial charge on any atom is -0.508 e. The molecule has 0 unspecified atom stereocenters. The molecule has 0 bridgehead atoms. The van der Waals surface area contributed by atoms with Gasteiger partial charge in [0, 0.05) is 62.1 Å². The molecule has 2 aromatic heterocycles. The number of nitrogens with one attached hydrogen (secondary N) is 17. The first-order valence-electron chi connectivity index (χ1n) is 35.4. The molecule has 0 aliphatic rings. The van der Waals surface area contributed by atoms with Gasteiger partial charge in [-0.1, -0.05) is 105 Å². The van der Waals surface area contributed by atoms with E-state index in [1.54, 1.807) is 123 Å². The number of imidazole rings is 1. The first-order chi connectivity index (χ1) is 52.1. The van der Waals surface area contributed by atoms with Gasteiger partial charge in [0.2, 0.25) is 65.0 Å². The molecule has 586 valence electrons. The van der Waals surface area contributed by atoms with E-state index in [1.165, 1.54) is 43.3 Å². The molecule has 0 radical (unpaired) electrons. The molecule has 0 aliphatic heterocycles. The highest BCUT2D eigenvalue weighted by atomic mass is 32.2. The molecule has 4 aromatic carbocycles. The van der Waals surface area contributed by atoms with Crippen LogP contribution in [0.25, 0.3) is 10.9 Å². The third-order valence-electron chi connectivity index (χ3n) is 17.2. The Morgan fingerprint density at radius 1 is 0.486 bits per heavy atom. The standard InChI is InChI=1S/C73H99N21O14S/c1-41(2)61(94-63(100)50(74)31-45-23-25-48(95)26-24-45)71(108)90-54(27-30-109-4)64(101)83-38-59(96)87-58(35-47-37-79-40-85-47)70(107)92-56(33-44-17-9-6-10-18-44)69(106)89-53(22-14-29-81-73(77)78)67(104)93-57(34-46-36-82-51-20-12-11-19-49(46)51)68(105)86-42(3)62(99)88-52(21-13-28-80-72(75)76)66(103)91-55(65(102)84-39-60(97)98)32-43-15-7-5-8-16-43/h5-12,15-20,23-26,36-37,40-42,50,52-58,61,82,95H,13-14,21-22,27-35,38-39,74H2,1-4H3,(H,79,85)(H,83,101)(H,84,102)(H,86,105)(H,87,96)(H,88,99)(H,89,106)(H,90,108)(H,91,103)(H,92,107)(H,93,104)(H,94,100)(H,97,98)(H4,75,76,80)(H4,77,78,81)/t42-,50-,52-,53-,54-,55-,56-,57-,58-,61-/m0/s1. The van der Waals surface area contributed by atoms with Gasteiger partial charge in [0.15, 0.2) is 11.9 Å². The maximum atomic E-state index is 15.1. The lowest BCUT2D eigenvalue weighted by Gasteiger charge is -2.27. The van der Waals surface area contributed by atoms with Crippen LogP contribution < -0.4 is 86.3 Å². The molecule has 11 amide bonds. The second-order valence-corrected chi connectivity index (χ2v) is 27.2. The second-order valence-electron chi connectivity index (χ2n) is 26.2. The number of benzene rings is 4. The predicted octanol–water partition coefficient (Wildman–Crippen LogP) is -1.93. The summed E-state index contributed by atoms with van der Waals surface area (Å²) < 4.78 is 0. The Morgan fingerprint density at radius 3 is 1.50 bits per heavy atom. The van der Waals surface area contributed by atoms with Gasteiger partial charge in [0.05, 0.1) is 24.6 Å². The summed E-state index contributed by atoms with van der Waals surface area (Å²) in [4.78, 5) is 178. The molecule has 35 nitrogen and oxygen atoms in total. The zero-order chi connectivity index (χ0) is 79.5. The van der Waals surface area contributed by atoms with Crippen LogP contribution in [0.2, 0.25) is 0 Å². The minimum absolute atomic E-state index is 0.0312. The maximum Gasteiger partial charge on any atom is 0.322 e. The van der Waals surface area contributed by atoms with Crippen LogP contribution in [-0.2, 0) is 89.6 Å². The van der Waals surface area contributed by atoms with Gasteiger partial charge in [-0.05, 0) is 104 Å². The van der Waals surface area contributed by atoms with Crippen molar-refractivity contribution in [3.8, 4) is 5.75 Å². The van der Waals surface area contributed by atoms with Crippen molar-refractivity contribution >= 4 is 106 Å². The van der Waals surface area contributed by atoms with Gasteiger partial charge in [-0.3, -0.25) is 68.4 Å². The Balaban J connectivity index is 1.22. The number of carboxylic acids is 1. The molecule has 0 saturated heterocycles. The predicted molar refractivity (Wildman–Crippen MR) is 407 cm³/mol. The summed E-state index contributed by atoms with van der Waals surface area (Å²) in [7, 11) is 0. The molecule has 0 aliphatic carbocycles. The SMILES string of the molecule is CSCC[C@H](NC(=O)[C@@H](NC(=O)[C@@H](N)Cc1ccc(O)cc1)C(C)C)C(=O)NCC(=O)N[C@@H](Cc1c[nH]cn1)C(=O)N[C@@H](Cc1ccccc1)C(=O)N[C@@H](CCCNC(=N)N)C(=O)N[C@@H](Cc1c[nH]c2ccccc12)C(=O)N[C@@H](C)C(=O)N[C@@H](CCCNC(=N)N)C(=O)N[C@@H](Cc1ccccc1)C(=O)NCC(=O)O. The Hall–Kier alpha value is -12.1. The van der Waals surface area contributed by atoms with E-state index in [1.807, 2.05) is 0 Å². The van der Waals surface area contributed by atoms with Crippen LogP contribution in [0, 0.1) is 16.7 Å². The number of carbonyl (C=O) groups is 12. The molecule has 36 heteroatoms. The van der Waals surface area contributed by atoms with E-state index in [4.69, 9.17) is 28.0 Å². The zero-order valence-electron chi connectivity index (χ0n) is 61.0. The molecule has 6 rings (SSSR count). The lowest BCUT2D eigenvalue weighted by atomic mass is 10.0. The summed E-state index contributed by atoms with van der Waals surface area (Å²) in [5, 5.41) is 69.3. The number of aromatic amines is 2. The van der Waals surface area contributed by atoms with E-state index < -0.39 is 156 Å². The number of aromatic hydroxyl groups is 1. The molecule has 0 saturated carbocycles. The fourth-order valence-electron chi connectivity index (χ4n) is 11.4. The minimum atomic E-state index is -1.52. The topological polar surface area (TPSA) is 572 Å². The number of aliphatic carboxylic acids is 1. The fourth-order valence-corrected chi connectivity index (χ4v) is 11.9. The van der Waals surface area contributed by atoms with Crippen molar-refractivity contribution in [1.82, 2.24) is 84.1 Å². The van der Waals surface area contributed by atoms with Crippen molar-refractivity contribution in [3.63, 3.8) is 0 Å². The highest BCUT2D eigenvalue weighted by molar-refractivity contribution is 7.98.